The zero-order chi connectivity index (χ0) is 13.1. The molecule has 1 aliphatic carbocycles. The van der Waals surface area contributed by atoms with Crippen LogP contribution in [-0.4, -0.2) is 25.3 Å². The highest BCUT2D eigenvalue weighted by Crippen LogP contribution is 2.26. The van der Waals surface area contributed by atoms with Gasteiger partial charge in [0.15, 0.2) is 0 Å². The molecule has 1 aromatic rings. The molecule has 0 heterocycles. The third-order valence-corrected chi connectivity index (χ3v) is 4.80. The average molecular weight is 360 g/mol. The molecule has 2 atom stereocenters. The van der Waals surface area contributed by atoms with Crippen molar-refractivity contribution in [2.75, 3.05) is 7.11 Å². The summed E-state index contributed by atoms with van der Waals surface area (Å²) in [6, 6.07) is 5.69. The topological polar surface area (TPSA) is 35.5 Å². The zero-order valence-electron chi connectivity index (χ0n) is 10.6. The number of halogens is 1. The van der Waals surface area contributed by atoms with E-state index in [4.69, 9.17) is 9.47 Å². The van der Waals surface area contributed by atoms with Crippen LogP contribution in [0.4, 0.5) is 0 Å². The van der Waals surface area contributed by atoms with E-state index in [1.54, 1.807) is 7.11 Å². The lowest BCUT2D eigenvalue weighted by atomic mass is 10.1. The SMILES string of the molecule is CO[C@H]1CCC[C@@H]1OC(=O)c1cccc(C)c1I. The quantitative estimate of drug-likeness (QED) is 0.613. The molecule has 0 aromatic heterocycles. The van der Waals surface area contributed by atoms with Crippen LogP contribution in [-0.2, 0) is 9.47 Å². The maximum Gasteiger partial charge on any atom is 0.339 e. The number of esters is 1. The Labute approximate surface area is 121 Å². The molecular weight excluding hydrogens is 343 g/mol. The van der Waals surface area contributed by atoms with Crippen molar-refractivity contribution in [1.29, 1.82) is 0 Å². The van der Waals surface area contributed by atoms with Crippen molar-refractivity contribution < 1.29 is 14.3 Å². The van der Waals surface area contributed by atoms with Gasteiger partial charge in [-0.1, -0.05) is 12.1 Å². The van der Waals surface area contributed by atoms with Gasteiger partial charge >= 0.3 is 5.97 Å². The van der Waals surface area contributed by atoms with E-state index >= 15 is 0 Å². The summed E-state index contributed by atoms with van der Waals surface area (Å²) in [5.74, 6) is -0.239. The van der Waals surface area contributed by atoms with Crippen LogP contribution in [0, 0.1) is 10.5 Å². The molecule has 98 valence electrons. The van der Waals surface area contributed by atoms with Gasteiger partial charge in [-0.05, 0) is 60.4 Å². The molecule has 1 aliphatic rings. The number of benzene rings is 1. The molecule has 4 heteroatoms. The van der Waals surface area contributed by atoms with Crippen molar-refractivity contribution in [1.82, 2.24) is 0 Å². The van der Waals surface area contributed by atoms with E-state index in [0.29, 0.717) is 5.56 Å². The van der Waals surface area contributed by atoms with Crippen LogP contribution >= 0.6 is 22.6 Å². The first kappa shape index (κ1) is 13.8. The fourth-order valence-electron chi connectivity index (χ4n) is 2.30. The van der Waals surface area contributed by atoms with Gasteiger partial charge < -0.3 is 9.47 Å². The van der Waals surface area contributed by atoms with Gasteiger partial charge in [0, 0.05) is 10.7 Å². The zero-order valence-corrected chi connectivity index (χ0v) is 12.8. The Hall–Kier alpha value is -0.620. The Bertz CT molecular complexity index is 445. The predicted octanol–water partition coefficient (Wildman–Crippen LogP) is 3.32. The third kappa shape index (κ3) is 2.85. The summed E-state index contributed by atoms with van der Waals surface area (Å²) >= 11 is 2.19. The van der Waals surface area contributed by atoms with Crippen molar-refractivity contribution in [3.05, 3.63) is 32.9 Å². The Morgan fingerprint density at radius 3 is 2.78 bits per heavy atom. The number of methoxy groups -OCH3 is 1. The van der Waals surface area contributed by atoms with Gasteiger partial charge in [-0.3, -0.25) is 0 Å². The Kier molecular flexibility index (Phi) is 4.61. The van der Waals surface area contributed by atoms with E-state index in [0.717, 1.165) is 28.4 Å². The standard InChI is InChI=1S/C14H17IO3/c1-9-5-3-6-10(13(9)15)14(16)18-12-8-4-7-11(12)17-2/h3,5-6,11-12H,4,7-8H2,1-2H3/t11-,12-/m0/s1. The highest BCUT2D eigenvalue weighted by atomic mass is 127. The molecule has 0 amide bonds. The minimum atomic E-state index is -0.239. The first-order valence-electron chi connectivity index (χ1n) is 6.12. The van der Waals surface area contributed by atoms with Crippen LogP contribution in [0.15, 0.2) is 18.2 Å². The molecule has 0 unspecified atom stereocenters. The van der Waals surface area contributed by atoms with Gasteiger partial charge in [0.1, 0.15) is 6.10 Å². The number of rotatable bonds is 3. The lowest BCUT2D eigenvalue weighted by molar-refractivity contribution is -0.0207. The second-order valence-corrected chi connectivity index (χ2v) is 5.66. The molecule has 2 rings (SSSR count). The summed E-state index contributed by atoms with van der Waals surface area (Å²) < 4.78 is 11.9. The molecule has 18 heavy (non-hydrogen) atoms. The van der Waals surface area contributed by atoms with Crippen LogP contribution < -0.4 is 0 Å². The van der Waals surface area contributed by atoms with E-state index < -0.39 is 0 Å². The molecule has 1 fully saturated rings. The summed E-state index contributed by atoms with van der Waals surface area (Å²) in [6.45, 7) is 1.99. The van der Waals surface area contributed by atoms with Crippen molar-refractivity contribution in [2.45, 2.75) is 38.4 Å². The minimum Gasteiger partial charge on any atom is -0.456 e. The first-order chi connectivity index (χ1) is 8.63. The predicted molar refractivity (Wildman–Crippen MR) is 77.7 cm³/mol. The number of aryl methyl sites for hydroxylation is 1. The van der Waals surface area contributed by atoms with Gasteiger partial charge in [-0.2, -0.15) is 0 Å². The molecule has 0 spiro atoms. The van der Waals surface area contributed by atoms with E-state index in [-0.39, 0.29) is 18.2 Å². The molecule has 0 aliphatic heterocycles. The highest BCUT2D eigenvalue weighted by Gasteiger charge is 2.31. The molecule has 0 radical (unpaired) electrons. The fraction of sp³-hybridized carbons (Fsp3) is 0.500. The van der Waals surface area contributed by atoms with Crippen LogP contribution in [0.1, 0.15) is 35.2 Å². The molecule has 1 saturated carbocycles. The van der Waals surface area contributed by atoms with Crippen LogP contribution in [0.5, 0.6) is 0 Å². The van der Waals surface area contributed by atoms with Crippen molar-refractivity contribution >= 4 is 28.6 Å². The molecule has 0 saturated heterocycles. The largest absolute Gasteiger partial charge is 0.456 e. The van der Waals surface area contributed by atoms with Crippen LogP contribution in [0.2, 0.25) is 0 Å². The average Bonchev–Trinajstić information content (AvgIpc) is 2.79. The fourth-order valence-corrected chi connectivity index (χ4v) is 2.88. The second kappa shape index (κ2) is 6.02. The minimum absolute atomic E-state index is 0.0522. The molecule has 1 aromatic carbocycles. The molecule has 3 nitrogen and oxygen atoms in total. The highest BCUT2D eigenvalue weighted by molar-refractivity contribution is 14.1. The van der Waals surface area contributed by atoms with Gasteiger partial charge in [0.25, 0.3) is 0 Å². The summed E-state index contributed by atoms with van der Waals surface area (Å²) in [4.78, 5) is 12.2. The van der Waals surface area contributed by atoms with Gasteiger partial charge in [0.2, 0.25) is 0 Å². The number of ether oxygens (including phenoxy) is 2. The molecular formula is C14H17IO3. The van der Waals surface area contributed by atoms with E-state index in [2.05, 4.69) is 22.6 Å². The number of carbonyl (C=O) groups is 1. The Morgan fingerprint density at radius 2 is 2.06 bits per heavy atom. The van der Waals surface area contributed by atoms with Gasteiger partial charge in [0.05, 0.1) is 11.7 Å². The number of hydrogen-bond donors (Lipinski definition) is 0. The lowest BCUT2D eigenvalue weighted by Crippen LogP contribution is -2.28. The summed E-state index contributed by atoms with van der Waals surface area (Å²) in [6.07, 6.45) is 2.88. The maximum absolute atomic E-state index is 12.2. The van der Waals surface area contributed by atoms with E-state index in [1.165, 1.54) is 0 Å². The van der Waals surface area contributed by atoms with Crippen LogP contribution in [0.25, 0.3) is 0 Å². The van der Waals surface area contributed by atoms with Crippen molar-refractivity contribution in [2.24, 2.45) is 0 Å². The smallest absolute Gasteiger partial charge is 0.339 e. The normalized spacial score (nSPS) is 23.1. The third-order valence-electron chi connectivity index (χ3n) is 3.36. The number of hydrogen-bond acceptors (Lipinski definition) is 3. The molecule has 0 N–H and O–H groups in total. The van der Waals surface area contributed by atoms with Crippen molar-refractivity contribution in [3.8, 4) is 0 Å². The van der Waals surface area contributed by atoms with E-state index in [9.17, 15) is 4.79 Å². The van der Waals surface area contributed by atoms with Gasteiger partial charge in [-0.15, -0.1) is 0 Å². The summed E-state index contributed by atoms with van der Waals surface area (Å²) in [5, 5.41) is 0. The second-order valence-electron chi connectivity index (χ2n) is 4.59. The van der Waals surface area contributed by atoms with Gasteiger partial charge in [-0.25, -0.2) is 4.79 Å². The summed E-state index contributed by atoms with van der Waals surface area (Å²) in [7, 11) is 1.67. The van der Waals surface area contributed by atoms with E-state index in [1.807, 2.05) is 25.1 Å². The Morgan fingerprint density at radius 1 is 1.33 bits per heavy atom. The monoisotopic (exact) mass is 360 g/mol. The summed E-state index contributed by atoms with van der Waals surface area (Å²) in [5.41, 5.74) is 1.75. The number of carbonyl (C=O) groups excluding carboxylic acids is 1. The van der Waals surface area contributed by atoms with Crippen LogP contribution in [0.3, 0.4) is 0 Å². The lowest BCUT2D eigenvalue weighted by Gasteiger charge is -2.19. The molecule has 0 bridgehead atoms. The first-order valence-corrected chi connectivity index (χ1v) is 7.20. The van der Waals surface area contributed by atoms with Crippen molar-refractivity contribution in [3.63, 3.8) is 0 Å². The Balaban J connectivity index is 2.10. The maximum atomic E-state index is 12.2.